The van der Waals surface area contributed by atoms with Crippen LogP contribution >= 0.6 is 0 Å². The van der Waals surface area contributed by atoms with Crippen molar-refractivity contribution in [2.45, 2.75) is 38.5 Å². The third kappa shape index (κ3) is 3.76. The first-order chi connectivity index (χ1) is 5.09. The zero-order chi connectivity index (χ0) is 8.43. The zero-order valence-corrected chi connectivity index (χ0v) is 11.6. The summed E-state index contributed by atoms with van der Waals surface area (Å²) in [6, 6.07) is -0.0556. The molecule has 1 saturated carbocycles. The van der Waals surface area contributed by atoms with Crippen LogP contribution in [-0.2, 0) is 4.74 Å². The standard InChI is InChI=1S/C8H15NO2.U/c1-5(2)11-8-4-6(10)3-7(8)9;/h4,6-8,10H,3,9H2,1-2H3;/q-2;+2/t6-,7+,8+;/m0./s1. The molecular formula is C8H15NO2U. The molecule has 0 saturated heterocycles. The van der Waals surface area contributed by atoms with Gasteiger partial charge in [0.05, 0.1) is 0 Å². The van der Waals surface area contributed by atoms with Crippen LogP contribution in [0.5, 0.6) is 0 Å². The topological polar surface area (TPSA) is 55.5 Å². The van der Waals surface area contributed by atoms with Gasteiger partial charge in [0.2, 0.25) is 0 Å². The van der Waals surface area contributed by atoms with Crippen LogP contribution in [0.15, 0.2) is 0 Å². The van der Waals surface area contributed by atoms with Crippen molar-refractivity contribution in [2.75, 3.05) is 0 Å². The Morgan fingerprint density at radius 3 is 2.50 bits per heavy atom. The average Bonchev–Trinajstić information content (AvgIpc) is 2.09. The van der Waals surface area contributed by atoms with Gasteiger partial charge in [0, 0.05) is 0 Å². The van der Waals surface area contributed by atoms with Crippen molar-refractivity contribution >= 4 is 0 Å². The van der Waals surface area contributed by atoms with Gasteiger partial charge in [-0.15, -0.1) is 0 Å². The van der Waals surface area contributed by atoms with E-state index < -0.39 is 6.10 Å². The maximum Gasteiger partial charge on any atom is 2.00 e. The normalized spacial score (nSPS) is 35.2. The molecule has 1 aliphatic rings. The van der Waals surface area contributed by atoms with Gasteiger partial charge in [-0.1, -0.05) is 12.2 Å². The van der Waals surface area contributed by atoms with Crippen molar-refractivity contribution < 1.29 is 41.0 Å². The second kappa shape index (κ2) is 5.62. The molecule has 0 spiro atoms. The molecule has 1 rings (SSSR count). The van der Waals surface area contributed by atoms with E-state index in [0.717, 1.165) is 6.10 Å². The van der Waals surface area contributed by atoms with Crippen LogP contribution in [-0.4, -0.2) is 23.4 Å². The van der Waals surface area contributed by atoms with Gasteiger partial charge < -0.3 is 15.6 Å². The Morgan fingerprint density at radius 1 is 1.58 bits per heavy atom. The number of aliphatic hydroxyl groups is 1. The van der Waals surface area contributed by atoms with E-state index in [1.807, 2.05) is 13.8 Å². The Kier molecular flexibility index (Phi) is 6.05. The van der Waals surface area contributed by atoms with Gasteiger partial charge in [0.15, 0.2) is 0 Å². The van der Waals surface area contributed by atoms with Gasteiger partial charge in [-0.25, -0.2) is 6.10 Å². The van der Waals surface area contributed by atoms with Crippen molar-refractivity contribution in [2.24, 2.45) is 5.73 Å². The minimum Gasteiger partial charge on any atom is -0.570 e. The first-order valence-electron chi connectivity index (χ1n) is 3.85. The van der Waals surface area contributed by atoms with Crippen molar-refractivity contribution in [3.8, 4) is 0 Å². The van der Waals surface area contributed by atoms with E-state index in [1.54, 1.807) is 6.42 Å². The maximum atomic E-state index is 9.16. The monoisotopic (exact) mass is 395 g/mol. The van der Waals surface area contributed by atoms with Crippen molar-refractivity contribution in [1.29, 1.82) is 0 Å². The first-order valence-corrected chi connectivity index (χ1v) is 3.85. The predicted molar refractivity (Wildman–Crippen MR) is 42.4 cm³/mol. The predicted octanol–water partition coefficient (Wildman–Crippen LogP) is 0.240. The molecule has 0 aromatic rings. The van der Waals surface area contributed by atoms with Crippen LogP contribution in [0.2, 0.25) is 0 Å². The van der Waals surface area contributed by atoms with E-state index >= 15 is 0 Å². The fourth-order valence-electron chi connectivity index (χ4n) is 1.25. The van der Waals surface area contributed by atoms with Crippen LogP contribution in [0.4, 0.5) is 0 Å². The van der Waals surface area contributed by atoms with Crippen LogP contribution in [0.3, 0.4) is 0 Å². The van der Waals surface area contributed by atoms with Gasteiger partial charge in [-0.2, -0.15) is 13.8 Å². The molecule has 3 N–H and O–H groups in total. The van der Waals surface area contributed by atoms with Gasteiger partial charge in [-0.3, -0.25) is 6.42 Å². The van der Waals surface area contributed by atoms with Crippen LogP contribution in [0.1, 0.15) is 20.3 Å². The molecule has 0 aliphatic heterocycles. The Labute approximate surface area is 97.4 Å². The molecule has 0 unspecified atom stereocenters. The molecule has 0 radical (unpaired) electrons. The molecule has 1 aliphatic carbocycles. The average molecular weight is 395 g/mol. The SMILES string of the molecule is C[C-](C)O[C@@H]1[CH-][C@@H](O)C[C@H]1N.[U+2]. The van der Waals surface area contributed by atoms with Gasteiger partial charge in [0.1, 0.15) is 0 Å². The van der Waals surface area contributed by atoms with E-state index in [-0.39, 0.29) is 43.3 Å². The molecule has 68 valence electrons. The summed E-state index contributed by atoms with van der Waals surface area (Å²) in [5, 5.41) is 9.16. The molecule has 3 nitrogen and oxygen atoms in total. The molecule has 4 heteroatoms. The summed E-state index contributed by atoms with van der Waals surface area (Å²) in [6.45, 7) is 3.76. The molecule has 12 heavy (non-hydrogen) atoms. The maximum absolute atomic E-state index is 9.16. The van der Waals surface area contributed by atoms with E-state index in [1.165, 1.54) is 0 Å². The Bertz CT molecular complexity index is 132. The number of hydrogen-bond acceptors (Lipinski definition) is 3. The fourth-order valence-corrected chi connectivity index (χ4v) is 1.25. The third-order valence-corrected chi connectivity index (χ3v) is 1.72. The Balaban J connectivity index is 0.00000121. The van der Waals surface area contributed by atoms with E-state index in [9.17, 15) is 0 Å². The van der Waals surface area contributed by atoms with Crippen LogP contribution in [0, 0.1) is 43.6 Å². The van der Waals surface area contributed by atoms with Crippen LogP contribution in [0.25, 0.3) is 0 Å². The van der Waals surface area contributed by atoms with Crippen LogP contribution < -0.4 is 5.73 Å². The number of rotatable bonds is 2. The third-order valence-electron chi connectivity index (χ3n) is 1.72. The smallest absolute Gasteiger partial charge is 0.570 e. The molecule has 0 heterocycles. The molecule has 1 fully saturated rings. The summed E-state index contributed by atoms with van der Waals surface area (Å²) in [5.74, 6) is 0. The molecule has 3 atom stereocenters. The number of nitrogens with two attached hydrogens (primary N) is 1. The summed E-state index contributed by atoms with van der Waals surface area (Å²) in [4.78, 5) is 0. The number of hydrogen-bond donors (Lipinski definition) is 2. The van der Waals surface area contributed by atoms with Crippen molar-refractivity contribution in [3.63, 3.8) is 0 Å². The molecule has 0 aromatic carbocycles. The molecule has 0 amide bonds. The Morgan fingerprint density at radius 2 is 2.17 bits per heavy atom. The second-order valence-corrected chi connectivity index (χ2v) is 3.15. The largest absolute Gasteiger partial charge is 2.00 e. The Hall–Kier alpha value is 0.932. The fraction of sp³-hybridized carbons (Fsp3) is 0.750. The van der Waals surface area contributed by atoms with Gasteiger partial charge in [0.25, 0.3) is 0 Å². The number of ether oxygens (including phenoxy) is 1. The summed E-state index contributed by atoms with van der Waals surface area (Å²) < 4.78 is 5.37. The van der Waals surface area contributed by atoms with Gasteiger partial charge in [-0.05, 0) is 12.5 Å². The summed E-state index contributed by atoms with van der Waals surface area (Å²) >= 11 is 0. The van der Waals surface area contributed by atoms with Gasteiger partial charge >= 0.3 is 31.1 Å². The van der Waals surface area contributed by atoms with E-state index in [4.69, 9.17) is 15.6 Å². The molecule has 0 bridgehead atoms. The summed E-state index contributed by atoms with van der Waals surface area (Å²) in [6.07, 6.45) is 2.75. The van der Waals surface area contributed by atoms with Crippen molar-refractivity contribution in [1.82, 2.24) is 0 Å². The molecular weight excluding hydrogens is 380 g/mol. The minimum atomic E-state index is -0.394. The van der Waals surface area contributed by atoms with Crippen molar-refractivity contribution in [3.05, 3.63) is 12.5 Å². The summed E-state index contributed by atoms with van der Waals surface area (Å²) in [5.41, 5.74) is 5.69. The minimum absolute atomic E-state index is 0. The number of aliphatic hydroxyl groups excluding tert-OH is 1. The second-order valence-electron chi connectivity index (χ2n) is 3.15. The zero-order valence-electron chi connectivity index (χ0n) is 7.45. The molecule has 0 aromatic heterocycles. The van der Waals surface area contributed by atoms with E-state index in [0.29, 0.717) is 6.42 Å². The quantitative estimate of drug-likeness (QED) is 0.659. The van der Waals surface area contributed by atoms with E-state index in [2.05, 4.69) is 0 Å². The summed E-state index contributed by atoms with van der Waals surface area (Å²) in [7, 11) is 0. The first kappa shape index (κ1) is 12.9.